The summed E-state index contributed by atoms with van der Waals surface area (Å²) in [7, 11) is 1.99. The zero-order chi connectivity index (χ0) is 26.7. The number of nitrogens with zero attached hydrogens (tertiary/aromatic N) is 2. The Morgan fingerprint density at radius 1 is 0.718 bits per heavy atom. The van der Waals surface area contributed by atoms with Crippen molar-refractivity contribution in [2.75, 3.05) is 0 Å². The molecule has 1 aromatic heterocycles. The summed E-state index contributed by atoms with van der Waals surface area (Å²) in [5, 5.41) is 0. The Morgan fingerprint density at radius 2 is 1.21 bits per heavy atom. The number of hydrogen-bond acceptors (Lipinski definition) is 1. The second-order valence-corrected chi connectivity index (χ2v) is 12.7. The average molecular weight is 524 g/mol. The zero-order valence-electron chi connectivity index (χ0n) is 22.7. The molecule has 0 N–H and O–H groups in total. The SMILES string of the molecule is CC(CC=CC(c1ccccc1)c1ccccc1)[SiH2]Cn1ccnc1[B]C(c1ccccc1)c1ccccc1. The molecule has 1 atom stereocenters. The van der Waals surface area contributed by atoms with Crippen LogP contribution in [-0.4, -0.2) is 26.4 Å². The van der Waals surface area contributed by atoms with E-state index >= 15 is 0 Å². The molecule has 0 aliphatic heterocycles. The number of rotatable bonds is 12. The fraction of sp³-hybridized carbons (Fsp3) is 0.171. The molecule has 0 saturated carbocycles. The Labute approximate surface area is 236 Å². The molecule has 193 valence electrons. The maximum absolute atomic E-state index is 4.75. The van der Waals surface area contributed by atoms with Crippen molar-refractivity contribution >= 4 is 22.5 Å². The number of benzene rings is 4. The highest BCUT2D eigenvalue weighted by Gasteiger charge is 2.19. The van der Waals surface area contributed by atoms with Crippen LogP contribution < -0.4 is 5.72 Å². The summed E-state index contributed by atoms with van der Waals surface area (Å²) in [5.41, 5.74) is 7.05. The summed E-state index contributed by atoms with van der Waals surface area (Å²) in [6.07, 6.45) is 11.1. The lowest BCUT2D eigenvalue weighted by molar-refractivity contribution is 0.850. The lowest BCUT2D eigenvalue weighted by atomic mass is 9.58. The molecule has 0 bridgehead atoms. The minimum absolute atomic E-state index is 0.184. The molecule has 5 rings (SSSR count). The molecule has 0 saturated heterocycles. The first-order valence-electron chi connectivity index (χ1n) is 14.0. The molecule has 0 aliphatic rings. The second-order valence-electron chi connectivity index (χ2n) is 10.3. The van der Waals surface area contributed by atoms with Crippen LogP contribution in [0.4, 0.5) is 0 Å². The molecule has 1 unspecified atom stereocenters. The van der Waals surface area contributed by atoms with Crippen molar-refractivity contribution in [1.82, 2.24) is 9.55 Å². The standard InChI is InChI=1S/C35H36BN2Si/c1-28(15-14-24-33(29-16-6-2-7-17-29)30-18-8-3-9-19-30)39-27-38-26-25-37-35(38)36-34(31-20-10-4-11-21-31)32-22-12-5-13-23-32/h2-14,16-26,28,33-34H,15,27,39H2,1H3. The van der Waals surface area contributed by atoms with Gasteiger partial charge in [0.1, 0.15) is 0 Å². The molecule has 0 amide bonds. The van der Waals surface area contributed by atoms with Gasteiger partial charge in [0, 0.05) is 34.0 Å². The lowest BCUT2D eigenvalue weighted by Gasteiger charge is -2.18. The minimum Gasteiger partial charge on any atom is -0.347 e. The molecule has 4 heteroatoms. The van der Waals surface area contributed by atoms with E-state index in [1.54, 1.807) is 0 Å². The van der Waals surface area contributed by atoms with E-state index in [4.69, 9.17) is 4.98 Å². The van der Waals surface area contributed by atoms with Crippen LogP contribution in [0.15, 0.2) is 146 Å². The molecule has 5 aromatic rings. The summed E-state index contributed by atoms with van der Waals surface area (Å²) in [6, 6.07) is 43.1. The van der Waals surface area contributed by atoms with Crippen molar-refractivity contribution in [2.45, 2.75) is 36.8 Å². The monoisotopic (exact) mass is 523 g/mol. The highest BCUT2D eigenvalue weighted by molar-refractivity contribution is 6.54. The third-order valence-corrected chi connectivity index (χ3v) is 9.49. The maximum atomic E-state index is 4.75. The molecule has 4 aromatic carbocycles. The molecule has 1 radical (unpaired) electrons. The van der Waals surface area contributed by atoms with Gasteiger partial charge in [0.15, 0.2) is 0 Å². The van der Waals surface area contributed by atoms with Crippen LogP contribution in [-0.2, 0) is 6.17 Å². The van der Waals surface area contributed by atoms with Gasteiger partial charge in [0.2, 0.25) is 7.28 Å². The van der Waals surface area contributed by atoms with Gasteiger partial charge in [-0.1, -0.05) is 140 Å². The molecule has 1 heterocycles. The van der Waals surface area contributed by atoms with E-state index in [1.807, 2.05) is 6.20 Å². The summed E-state index contributed by atoms with van der Waals surface area (Å²) in [6.45, 7) is 2.41. The van der Waals surface area contributed by atoms with E-state index in [2.05, 4.69) is 158 Å². The molecule has 2 nitrogen and oxygen atoms in total. The predicted octanol–water partition coefficient (Wildman–Crippen LogP) is 6.72. The van der Waals surface area contributed by atoms with Gasteiger partial charge in [-0.2, -0.15) is 0 Å². The van der Waals surface area contributed by atoms with Crippen molar-refractivity contribution in [2.24, 2.45) is 0 Å². The third-order valence-electron chi connectivity index (χ3n) is 7.43. The van der Waals surface area contributed by atoms with Crippen LogP contribution in [0, 0.1) is 0 Å². The Balaban J connectivity index is 1.22. The first kappa shape index (κ1) is 26.7. The minimum atomic E-state index is -0.333. The zero-order valence-corrected chi connectivity index (χ0v) is 24.1. The van der Waals surface area contributed by atoms with E-state index in [-0.39, 0.29) is 15.3 Å². The van der Waals surface area contributed by atoms with E-state index in [9.17, 15) is 0 Å². The van der Waals surface area contributed by atoms with Gasteiger partial charge < -0.3 is 4.57 Å². The van der Waals surface area contributed by atoms with Gasteiger partial charge in [0.25, 0.3) is 0 Å². The fourth-order valence-electron chi connectivity index (χ4n) is 5.18. The number of allylic oxidation sites excluding steroid dienone is 2. The van der Waals surface area contributed by atoms with Crippen LogP contribution in [0.5, 0.6) is 0 Å². The van der Waals surface area contributed by atoms with E-state index in [0.29, 0.717) is 11.5 Å². The molecule has 0 aliphatic carbocycles. The van der Waals surface area contributed by atoms with E-state index in [1.165, 1.54) is 22.3 Å². The van der Waals surface area contributed by atoms with E-state index in [0.717, 1.165) is 18.3 Å². The molecular formula is C35H36BN2Si. The van der Waals surface area contributed by atoms with Gasteiger partial charge in [0.05, 0.1) is 5.72 Å². The fourth-order valence-corrected chi connectivity index (χ4v) is 6.71. The number of imidazole rings is 1. The quantitative estimate of drug-likeness (QED) is 0.131. The Bertz CT molecular complexity index is 1340. The highest BCUT2D eigenvalue weighted by Crippen LogP contribution is 2.27. The Morgan fingerprint density at radius 3 is 1.72 bits per heavy atom. The topological polar surface area (TPSA) is 17.8 Å². The number of aromatic nitrogens is 2. The normalized spacial score (nSPS) is 12.6. The number of hydrogen-bond donors (Lipinski definition) is 0. The summed E-state index contributed by atoms with van der Waals surface area (Å²) in [4.78, 5) is 4.75. The van der Waals surface area contributed by atoms with Crippen LogP contribution >= 0.6 is 0 Å². The van der Waals surface area contributed by atoms with Crippen molar-refractivity contribution in [3.8, 4) is 0 Å². The van der Waals surface area contributed by atoms with Crippen LogP contribution in [0.3, 0.4) is 0 Å². The Kier molecular flexibility index (Phi) is 9.43. The summed E-state index contributed by atoms with van der Waals surface area (Å²) < 4.78 is 2.36. The lowest BCUT2D eigenvalue weighted by Crippen LogP contribution is -2.33. The first-order valence-corrected chi connectivity index (χ1v) is 15.8. The molecule has 0 fully saturated rings. The van der Waals surface area contributed by atoms with E-state index < -0.39 is 0 Å². The average Bonchev–Trinajstić information content (AvgIpc) is 3.46. The third kappa shape index (κ3) is 7.36. The molecule has 0 spiro atoms. The summed E-state index contributed by atoms with van der Waals surface area (Å²) >= 11 is 0. The Hall–Kier alpha value is -3.89. The molecule has 39 heavy (non-hydrogen) atoms. The van der Waals surface area contributed by atoms with Crippen LogP contribution in [0.25, 0.3) is 0 Å². The highest BCUT2D eigenvalue weighted by atomic mass is 28.2. The van der Waals surface area contributed by atoms with Gasteiger partial charge in [-0.05, 0) is 40.0 Å². The van der Waals surface area contributed by atoms with Gasteiger partial charge in [-0.3, -0.25) is 4.98 Å². The smallest absolute Gasteiger partial charge is 0.215 e. The first-order chi connectivity index (χ1) is 19.3. The van der Waals surface area contributed by atoms with Crippen LogP contribution in [0.2, 0.25) is 5.54 Å². The van der Waals surface area contributed by atoms with Crippen molar-refractivity contribution in [3.05, 3.63) is 168 Å². The largest absolute Gasteiger partial charge is 0.347 e. The van der Waals surface area contributed by atoms with Crippen molar-refractivity contribution < 1.29 is 0 Å². The van der Waals surface area contributed by atoms with Crippen molar-refractivity contribution in [3.63, 3.8) is 0 Å². The van der Waals surface area contributed by atoms with Crippen molar-refractivity contribution in [1.29, 1.82) is 0 Å². The van der Waals surface area contributed by atoms with Gasteiger partial charge >= 0.3 is 0 Å². The van der Waals surface area contributed by atoms with Gasteiger partial charge in [-0.15, -0.1) is 0 Å². The second kappa shape index (κ2) is 13.8. The predicted molar refractivity (Wildman–Crippen MR) is 169 cm³/mol. The van der Waals surface area contributed by atoms with Gasteiger partial charge in [-0.25, -0.2) is 0 Å². The van der Waals surface area contributed by atoms with Crippen LogP contribution in [0.1, 0.15) is 47.3 Å². The molecular weight excluding hydrogens is 487 g/mol. The summed E-state index contributed by atoms with van der Waals surface area (Å²) in [5.74, 6) is 0.479. The maximum Gasteiger partial charge on any atom is 0.215 e.